The molecule has 0 aliphatic carbocycles. The first-order valence-electron chi connectivity index (χ1n) is 5.35. The Labute approximate surface area is 103 Å². The topological polar surface area (TPSA) is 46.6 Å². The van der Waals surface area contributed by atoms with Gasteiger partial charge in [0.15, 0.2) is 0 Å². The van der Waals surface area contributed by atoms with Crippen LogP contribution in [-0.4, -0.2) is 26.8 Å². The van der Waals surface area contributed by atoms with Crippen LogP contribution in [0, 0.1) is 0 Å². The zero-order valence-electron chi connectivity index (χ0n) is 10.9. The summed E-state index contributed by atoms with van der Waals surface area (Å²) in [6, 6.07) is 7.13. The van der Waals surface area contributed by atoms with Gasteiger partial charge >= 0.3 is 10.3 Å². The van der Waals surface area contributed by atoms with Gasteiger partial charge in [-0.3, -0.25) is 0 Å². The van der Waals surface area contributed by atoms with Crippen molar-refractivity contribution < 1.29 is 12.6 Å². The maximum absolute atomic E-state index is 11.6. The van der Waals surface area contributed by atoms with Gasteiger partial charge in [-0.25, -0.2) is 0 Å². The third kappa shape index (κ3) is 3.71. The Hall–Kier alpha value is -1.07. The van der Waals surface area contributed by atoms with Gasteiger partial charge in [-0.15, -0.1) is 0 Å². The summed E-state index contributed by atoms with van der Waals surface area (Å²) < 4.78 is 29.2. The van der Waals surface area contributed by atoms with E-state index in [1.165, 1.54) is 14.1 Å². The molecule has 17 heavy (non-hydrogen) atoms. The lowest BCUT2D eigenvalue weighted by Crippen LogP contribution is -2.27. The van der Waals surface area contributed by atoms with Gasteiger partial charge in [-0.1, -0.05) is 32.9 Å². The van der Waals surface area contributed by atoms with Crippen LogP contribution in [0.15, 0.2) is 24.3 Å². The number of rotatable bonds is 3. The molecule has 0 aromatic heterocycles. The van der Waals surface area contributed by atoms with Gasteiger partial charge in [0.25, 0.3) is 0 Å². The highest BCUT2D eigenvalue weighted by atomic mass is 32.2. The van der Waals surface area contributed by atoms with E-state index in [9.17, 15) is 8.42 Å². The minimum absolute atomic E-state index is 0.0404. The van der Waals surface area contributed by atoms with Crippen LogP contribution in [0.2, 0.25) is 0 Å². The predicted octanol–water partition coefficient (Wildman–Crippen LogP) is 2.17. The van der Waals surface area contributed by atoms with E-state index in [-0.39, 0.29) is 5.41 Å². The van der Waals surface area contributed by atoms with Gasteiger partial charge in [0, 0.05) is 14.1 Å². The first-order chi connectivity index (χ1) is 7.63. The van der Waals surface area contributed by atoms with Crippen molar-refractivity contribution in [3.8, 4) is 5.75 Å². The van der Waals surface area contributed by atoms with Crippen LogP contribution < -0.4 is 4.18 Å². The molecule has 5 heteroatoms. The minimum atomic E-state index is -3.68. The van der Waals surface area contributed by atoms with Gasteiger partial charge in [0.2, 0.25) is 0 Å². The fourth-order valence-electron chi connectivity index (χ4n) is 1.21. The van der Waals surface area contributed by atoms with E-state index in [0.29, 0.717) is 5.75 Å². The molecule has 0 aliphatic heterocycles. The SMILES string of the molecule is CN(C)S(=O)(=O)Oc1cccc(C(C)(C)C)c1. The highest BCUT2D eigenvalue weighted by molar-refractivity contribution is 7.84. The van der Waals surface area contributed by atoms with E-state index >= 15 is 0 Å². The van der Waals surface area contributed by atoms with Crippen LogP contribution >= 0.6 is 0 Å². The largest absolute Gasteiger partial charge is 0.384 e. The smallest absolute Gasteiger partial charge is 0.371 e. The fraction of sp³-hybridized carbons (Fsp3) is 0.500. The molecular weight excluding hydrogens is 238 g/mol. The molecule has 0 radical (unpaired) electrons. The normalized spacial score (nSPS) is 12.8. The van der Waals surface area contributed by atoms with E-state index in [2.05, 4.69) is 20.8 Å². The van der Waals surface area contributed by atoms with E-state index < -0.39 is 10.3 Å². The zero-order chi connectivity index (χ0) is 13.3. The molecule has 0 heterocycles. The van der Waals surface area contributed by atoms with Gasteiger partial charge in [-0.2, -0.15) is 12.7 Å². The summed E-state index contributed by atoms with van der Waals surface area (Å²) in [5.41, 5.74) is 0.991. The van der Waals surface area contributed by atoms with E-state index in [4.69, 9.17) is 4.18 Å². The zero-order valence-corrected chi connectivity index (χ0v) is 11.7. The van der Waals surface area contributed by atoms with Crippen LogP contribution in [0.4, 0.5) is 0 Å². The number of hydrogen-bond acceptors (Lipinski definition) is 3. The lowest BCUT2D eigenvalue weighted by molar-refractivity contribution is 0.420. The monoisotopic (exact) mass is 257 g/mol. The molecule has 0 amide bonds. The Morgan fingerprint density at radius 2 is 1.76 bits per heavy atom. The van der Waals surface area contributed by atoms with Crippen molar-refractivity contribution in [3.63, 3.8) is 0 Å². The standard InChI is InChI=1S/C12H19NO3S/c1-12(2,3)10-7-6-8-11(9-10)16-17(14,15)13(4)5/h6-9H,1-5H3. The van der Waals surface area contributed by atoms with Crippen LogP contribution in [0.25, 0.3) is 0 Å². The first-order valence-corrected chi connectivity index (χ1v) is 6.72. The van der Waals surface area contributed by atoms with Gasteiger partial charge in [0.1, 0.15) is 5.75 Å². The Bertz CT molecular complexity index is 487. The third-order valence-corrected chi connectivity index (χ3v) is 3.65. The molecule has 0 spiro atoms. The quantitative estimate of drug-likeness (QED) is 0.833. The summed E-state index contributed by atoms with van der Waals surface area (Å²) in [6.07, 6.45) is 0. The number of nitrogens with zero attached hydrogens (tertiary/aromatic N) is 1. The molecule has 1 rings (SSSR count). The van der Waals surface area contributed by atoms with Crippen molar-refractivity contribution in [3.05, 3.63) is 29.8 Å². The number of benzene rings is 1. The number of hydrogen-bond donors (Lipinski definition) is 0. The van der Waals surface area contributed by atoms with Crippen molar-refractivity contribution in [2.75, 3.05) is 14.1 Å². The molecule has 0 N–H and O–H groups in total. The second kappa shape index (κ2) is 4.66. The van der Waals surface area contributed by atoms with Crippen molar-refractivity contribution in [1.82, 2.24) is 4.31 Å². The van der Waals surface area contributed by atoms with Crippen molar-refractivity contribution in [1.29, 1.82) is 0 Å². The summed E-state index contributed by atoms with van der Waals surface area (Å²) in [4.78, 5) is 0. The average Bonchev–Trinajstić information content (AvgIpc) is 2.15. The lowest BCUT2D eigenvalue weighted by Gasteiger charge is -2.20. The fourth-order valence-corrected chi connectivity index (χ4v) is 1.71. The second-order valence-corrected chi connectivity index (χ2v) is 6.85. The van der Waals surface area contributed by atoms with Gasteiger partial charge in [0.05, 0.1) is 0 Å². The molecule has 1 aromatic rings. The van der Waals surface area contributed by atoms with Crippen molar-refractivity contribution in [2.24, 2.45) is 0 Å². The summed E-state index contributed by atoms with van der Waals surface area (Å²) >= 11 is 0. The maximum Gasteiger partial charge on any atom is 0.384 e. The minimum Gasteiger partial charge on any atom is -0.371 e. The average molecular weight is 257 g/mol. The van der Waals surface area contributed by atoms with Crippen LogP contribution in [0.5, 0.6) is 5.75 Å². The highest BCUT2D eigenvalue weighted by Crippen LogP contribution is 2.26. The molecule has 0 aliphatic rings. The predicted molar refractivity (Wildman–Crippen MR) is 68.4 cm³/mol. The van der Waals surface area contributed by atoms with Crippen LogP contribution in [-0.2, 0) is 15.7 Å². The Balaban J connectivity index is 3.03. The summed E-state index contributed by atoms with van der Waals surface area (Å²) in [6.45, 7) is 6.19. The van der Waals surface area contributed by atoms with Crippen molar-refractivity contribution >= 4 is 10.3 Å². The van der Waals surface area contributed by atoms with E-state index in [1.807, 2.05) is 6.07 Å². The maximum atomic E-state index is 11.6. The molecule has 4 nitrogen and oxygen atoms in total. The van der Waals surface area contributed by atoms with Crippen LogP contribution in [0.3, 0.4) is 0 Å². The molecule has 0 saturated heterocycles. The molecule has 0 atom stereocenters. The third-order valence-electron chi connectivity index (χ3n) is 2.35. The molecule has 0 fully saturated rings. The van der Waals surface area contributed by atoms with E-state index in [0.717, 1.165) is 9.87 Å². The Kier molecular flexibility index (Phi) is 3.84. The summed E-state index contributed by atoms with van der Waals surface area (Å²) in [5.74, 6) is 0.339. The van der Waals surface area contributed by atoms with Crippen LogP contribution in [0.1, 0.15) is 26.3 Å². The van der Waals surface area contributed by atoms with Gasteiger partial charge < -0.3 is 4.18 Å². The molecule has 0 bridgehead atoms. The molecule has 0 unspecified atom stereocenters. The molecule has 96 valence electrons. The molecule has 1 aromatic carbocycles. The van der Waals surface area contributed by atoms with Gasteiger partial charge in [-0.05, 0) is 23.1 Å². The lowest BCUT2D eigenvalue weighted by atomic mass is 9.87. The van der Waals surface area contributed by atoms with E-state index in [1.54, 1.807) is 18.2 Å². The summed E-state index contributed by atoms with van der Waals surface area (Å²) in [7, 11) is -0.813. The Morgan fingerprint density at radius 1 is 1.18 bits per heavy atom. The van der Waals surface area contributed by atoms with Crippen molar-refractivity contribution in [2.45, 2.75) is 26.2 Å². The summed E-state index contributed by atoms with van der Waals surface area (Å²) in [5, 5.41) is 0. The Morgan fingerprint density at radius 3 is 2.24 bits per heavy atom. The second-order valence-electron chi connectivity index (χ2n) is 5.10. The highest BCUT2D eigenvalue weighted by Gasteiger charge is 2.18. The molecular formula is C12H19NO3S. The molecule has 0 saturated carbocycles. The first kappa shape index (κ1) is 14.0.